The van der Waals surface area contributed by atoms with E-state index in [9.17, 15) is 4.79 Å². The lowest BCUT2D eigenvalue weighted by Gasteiger charge is -2.23. The number of fused-ring (bicyclic) bond motifs is 1. The van der Waals surface area contributed by atoms with Crippen LogP contribution in [0, 0.1) is 5.92 Å². The fraction of sp³-hybridized carbons (Fsp3) is 0.476. The van der Waals surface area contributed by atoms with Gasteiger partial charge in [0.1, 0.15) is 11.9 Å². The Kier molecular flexibility index (Phi) is 5.37. The molecule has 1 aliphatic carbocycles. The Morgan fingerprint density at radius 2 is 1.97 bits per heavy atom. The van der Waals surface area contributed by atoms with Gasteiger partial charge in [-0.25, -0.2) is 4.98 Å². The number of carbonyl (C=O) groups excluding carboxylic acids is 1. The van der Waals surface area contributed by atoms with Crippen molar-refractivity contribution in [3.63, 3.8) is 0 Å². The summed E-state index contributed by atoms with van der Waals surface area (Å²) in [5.74, 6) is 1.02. The topological polar surface area (TPSA) is 133 Å². The largest absolute Gasteiger partial charge is 0.490 e. The standard InChI is InChI=1S/C21H26N8O2/c22-19(30)13-1-2-14(11-13)25-21-24-12-18-20(26-21)29(28-27-18)15-3-5-16(6-4-15)31-17-7-9-23-10-8-17/h3-6,12-14,17,23H,1-2,7-11H2,(H2,22,30)(H,24,25,26)/t13-,14-/m1/s1. The Balaban J connectivity index is 1.32. The molecule has 0 radical (unpaired) electrons. The van der Waals surface area contributed by atoms with Gasteiger partial charge in [-0.2, -0.15) is 9.67 Å². The highest BCUT2D eigenvalue weighted by Crippen LogP contribution is 2.27. The fourth-order valence-corrected chi connectivity index (χ4v) is 4.30. The Morgan fingerprint density at radius 3 is 2.71 bits per heavy atom. The lowest BCUT2D eigenvalue weighted by Crippen LogP contribution is -2.34. The lowest BCUT2D eigenvalue weighted by molar-refractivity contribution is -0.121. The minimum Gasteiger partial charge on any atom is -0.490 e. The van der Waals surface area contributed by atoms with E-state index < -0.39 is 0 Å². The molecule has 10 nitrogen and oxygen atoms in total. The maximum Gasteiger partial charge on any atom is 0.225 e. The summed E-state index contributed by atoms with van der Waals surface area (Å²) in [5, 5.41) is 15.1. The zero-order chi connectivity index (χ0) is 21.2. The number of ether oxygens (including phenoxy) is 1. The van der Waals surface area contributed by atoms with Gasteiger partial charge in [-0.15, -0.1) is 5.10 Å². The third-order valence-corrected chi connectivity index (χ3v) is 6.03. The monoisotopic (exact) mass is 422 g/mol. The summed E-state index contributed by atoms with van der Waals surface area (Å²) in [5.41, 5.74) is 7.51. The van der Waals surface area contributed by atoms with Crippen LogP contribution < -0.4 is 21.1 Å². The molecular formula is C21H26N8O2. The molecule has 1 saturated heterocycles. The molecule has 1 aliphatic heterocycles. The van der Waals surface area contributed by atoms with E-state index in [1.54, 1.807) is 10.9 Å². The minimum absolute atomic E-state index is 0.0842. The van der Waals surface area contributed by atoms with E-state index in [4.69, 9.17) is 10.5 Å². The van der Waals surface area contributed by atoms with E-state index in [-0.39, 0.29) is 24.0 Å². The van der Waals surface area contributed by atoms with Gasteiger partial charge < -0.3 is 21.1 Å². The normalized spacial score (nSPS) is 21.9. The molecule has 31 heavy (non-hydrogen) atoms. The maximum atomic E-state index is 11.4. The first kappa shape index (κ1) is 19.7. The van der Waals surface area contributed by atoms with Crippen molar-refractivity contribution in [2.45, 2.75) is 44.2 Å². The number of anilines is 1. The van der Waals surface area contributed by atoms with Crippen molar-refractivity contribution < 1.29 is 9.53 Å². The van der Waals surface area contributed by atoms with Gasteiger partial charge >= 0.3 is 0 Å². The maximum absolute atomic E-state index is 11.4. The van der Waals surface area contributed by atoms with Crippen molar-refractivity contribution in [1.82, 2.24) is 30.3 Å². The number of primary amides is 1. The molecule has 5 rings (SSSR count). The summed E-state index contributed by atoms with van der Waals surface area (Å²) >= 11 is 0. The summed E-state index contributed by atoms with van der Waals surface area (Å²) in [6.07, 6.45) is 6.30. The molecule has 3 heterocycles. The summed E-state index contributed by atoms with van der Waals surface area (Å²) in [6, 6.07) is 7.94. The molecule has 2 aliphatic rings. The Bertz CT molecular complexity index is 1060. The third kappa shape index (κ3) is 4.29. The molecule has 162 valence electrons. The first-order chi connectivity index (χ1) is 15.2. The summed E-state index contributed by atoms with van der Waals surface area (Å²) < 4.78 is 7.77. The fourth-order valence-electron chi connectivity index (χ4n) is 4.30. The second-order valence-electron chi connectivity index (χ2n) is 8.22. The number of nitrogens with one attached hydrogen (secondary N) is 2. The van der Waals surface area contributed by atoms with E-state index in [0.717, 1.165) is 50.2 Å². The average molecular weight is 422 g/mol. The number of rotatable bonds is 6. The van der Waals surface area contributed by atoms with Crippen LogP contribution in [0.25, 0.3) is 16.9 Å². The number of carbonyl (C=O) groups is 1. The van der Waals surface area contributed by atoms with Crippen molar-refractivity contribution >= 4 is 23.0 Å². The quantitative estimate of drug-likeness (QED) is 0.543. The summed E-state index contributed by atoms with van der Waals surface area (Å²) in [6.45, 7) is 1.99. The Labute approximate surface area is 179 Å². The first-order valence-corrected chi connectivity index (χ1v) is 10.8. The summed E-state index contributed by atoms with van der Waals surface area (Å²) in [7, 11) is 0. The van der Waals surface area contributed by atoms with Crippen molar-refractivity contribution in [2.75, 3.05) is 18.4 Å². The lowest BCUT2D eigenvalue weighted by atomic mass is 10.1. The van der Waals surface area contributed by atoms with Crippen LogP contribution in [-0.4, -0.2) is 56.1 Å². The van der Waals surface area contributed by atoms with E-state index >= 15 is 0 Å². The van der Waals surface area contributed by atoms with Crippen LogP contribution in [0.4, 0.5) is 5.95 Å². The highest BCUT2D eigenvalue weighted by Gasteiger charge is 2.29. The molecule has 4 N–H and O–H groups in total. The third-order valence-electron chi connectivity index (χ3n) is 6.03. The number of hydrogen-bond donors (Lipinski definition) is 3. The van der Waals surface area contributed by atoms with Crippen molar-refractivity contribution in [2.24, 2.45) is 11.7 Å². The molecule has 1 amide bonds. The number of aromatic nitrogens is 5. The molecule has 10 heteroatoms. The molecule has 0 unspecified atom stereocenters. The number of benzene rings is 1. The SMILES string of the molecule is NC(=O)[C@@H]1CC[C@@H](Nc2ncc3nnn(-c4ccc(OC5CCNCC5)cc4)c3n2)C1. The zero-order valence-corrected chi connectivity index (χ0v) is 17.2. The number of amides is 1. The van der Waals surface area contributed by atoms with Gasteiger partial charge in [-0.1, -0.05) is 5.21 Å². The zero-order valence-electron chi connectivity index (χ0n) is 17.2. The predicted molar refractivity (Wildman–Crippen MR) is 115 cm³/mol. The second kappa shape index (κ2) is 8.46. The van der Waals surface area contributed by atoms with Crippen LogP contribution in [-0.2, 0) is 4.79 Å². The van der Waals surface area contributed by atoms with E-state index in [1.165, 1.54) is 0 Å². The van der Waals surface area contributed by atoms with Crippen LogP contribution in [0.3, 0.4) is 0 Å². The first-order valence-electron chi connectivity index (χ1n) is 10.8. The Morgan fingerprint density at radius 1 is 1.16 bits per heavy atom. The predicted octanol–water partition coefficient (Wildman–Crippen LogP) is 1.41. The van der Waals surface area contributed by atoms with Gasteiger partial charge in [0, 0.05) is 12.0 Å². The number of nitrogens with zero attached hydrogens (tertiary/aromatic N) is 5. The van der Waals surface area contributed by atoms with Gasteiger partial charge in [-0.05, 0) is 69.5 Å². The summed E-state index contributed by atoms with van der Waals surface area (Å²) in [4.78, 5) is 20.4. The molecule has 2 aromatic heterocycles. The molecule has 1 saturated carbocycles. The highest BCUT2D eigenvalue weighted by molar-refractivity contribution is 5.77. The molecule has 3 aromatic rings. The van der Waals surface area contributed by atoms with Gasteiger partial charge in [0.15, 0.2) is 11.2 Å². The molecule has 2 atom stereocenters. The molecular weight excluding hydrogens is 396 g/mol. The van der Waals surface area contributed by atoms with Gasteiger partial charge in [-0.3, -0.25) is 4.79 Å². The van der Waals surface area contributed by atoms with E-state index in [2.05, 4.69) is 30.9 Å². The second-order valence-corrected chi connectivity index (χ2v) is 8.22. The van der Waals surface area contributed by atoms with Crippen molar-refractivity contribution in [3.05, 3.63) is 30.5 Å². The molecule has 0 spiro atoms. The van der Waals surface area contributed by atoms with Crippen LogP contribution in [0.1, 0.15) is 32.1 Å². The molecule has 0 bridgehead atoms. The smallest absolute Gasteiger partial charge is 0.225 e. The minimum atomic E-state index is -0.240. The van der Waals surface area contributed by atoms with Crippen LogP contribution in [0.2, 0.25) is 0 Å². The number of hydrogen-bond acceptors (Lipinski definition) is 8. The van der Waals surface area contributed by atoms with Gasteiger partial charge in [0.2, 0.25) is 11.9 Å². The highest BCUT2D eigenvalue weighted by atomic mass is 16.5. The van der Waals surface area contributed by atoms with Crippen LogP contribution in [0.15, 0.2) is 30.5 Å². The van der Waals surface area contributed by atoms with Crippen molar-refractivity contribution in [3.8, 4) is 11.4 Å². The van der Waals surface area contributed by atoms with Gasteiger partial charge in [0.05, 0.1) is 11.9 Å². The van der Waals surface area contributed by atoms with Crippen LogP contribution in [0.5, 0.6) is 5.75 Å². The average Bonchev–Trinajstić information content (AvgIpc) is 3.42. The number of nitrogens with two attached hydrogens (primary N) is 1. The molecule has 2 fully saturated rings. The van der Waals surface area contributed by atoms with E-state index in [0.29, 0.717) is 23.5 Å². The number of piperidine rings is 1. The van der Waals surface area contributed by atoms with E-state index in [1.807, 2.05) is 24.3 Å². The van der Waals surface area contributed by atoms with Crippen LogP contribution >= 0.6 is 0 Å². The Hall–Kier alpha value is -3.27. The molecule has 1 aromatic carbocycles. The van der Waals surface area contributed by atoms with Gasteiger partial charge in [0.25, 0.3) is 0 Å². The van der Waals surface area contributed by atoms with Crippen molar-refractivity contribution in [1.29, 1.82) is 0 Å².